The minimum absolute atomic E-state index is 0. The van der Waals surface area contributed by atoms with E-state index in [1.807, 2.05) is 0 Å². The molecule has 0 fully saturated rings. The zero-order chi connectivity index (χ0) is 9.00. The van der Waals surface area contributed by atoms with E-state index in [0.29, 0.717) is 0 Å². The average Bonchev–Trinajstić information content (AvgIpc) is 1.12. The van der Waals surface area contributed by atoms with Gasteiger partial charge in [0.25, 0.3) is 0 Å². The van der Waals surface area contributed by atoms with Crippen LogP contribution < -0.4 is 67.7 Å². The third-order valence-electron chi connectivity index (χ3n) is 0. The molecule has 0 aliphatic heterocycles. The standard InChI is InChI=1S/Cu.2IO4/c;2*2-1(3,4)5/q+2;2*-1. The van der Waals surface area contributed by atoms with Crippen LogP contribution in [0.1, 0.15) is 0 Å². The zero-order valence-electron chi connectivity index (χ0n) is 4.32. The topological polar surface area (TPSA) is 184 Å². The number of hydrogen-bond donors (Lipinski definition) is 0. The molecule has 0 N–H and O–H groups in total. The summed E-state index contributed by atoms with van der Waals surface area (Å²) < 4.78 is 68.9. The van der Waals surface area contributed by atoms with Crippen molar-refractivity contribution in [3.63, 3.8) is 0 Å². The monoisotopic (exact) mass is 445 g/mol. The SMILES string of the molecule is [Cu+2].[O-][I+3]([O-])([O-])[O-].[O-][I+3]([O-])([O-])[O-]. The summed E-state index contributed by atoms with van der Waals surface area (Å²) in [6.45, 7) is 0. The van der Waals surface area contributed by atoms with Crippen molar-refractivity contribution in [2.45, 2.75) is 0 Å². The van der Waals surface area contributed by atoms with E-state index in [9.17, 15) is 0 Å². The Morgan fingerprint density at radius 2 is 0.455 bits per heavy atom. The first-order valence-electron chi connectivity index (χ1n) is 1.23. The van der Waals surface area contributed by atoms with Crippen molar-refractivity contribution in [2.75, 3.05) is 0 Å². The van der Waals surface area contributed by atoms with Gasteiger partial charge in [-0.2, -0.15) is 0 Å². The molecule has 0 saturated carbocycles. The second-order valence-corrected chi connectivity index (χ2v) is 5.07. The number of halogens is 2. The molecule has 0 aliphatic rings. The van der Waals surface area contributed by atoms with Gasteiger partial charge in [-0.3, -0.25) is 27.5 Å². The van der Waals surface area contributed by atoms with Crippen LogP contribution in [-0.4, -0.2) is 0 Å². The fraction of sp³-hybridized carbons (Fsp3) is 0. The summed E-state index contributed by atoms with van der Waals surface area (Å²) in [6.07, 6.45) is 0. The van der Waals surface area contributed by atoms with Gasteiger partial charge in [-0.05, 0) is 0 Å². The van der Waals surface area contributed by atoms with Gasteiger partial charge in [0.15, 0.2) is 0 Å². The van der Waals surface area contributed by atoms with Crippen LogP contribution >= 0.6 is 0 Å². The molecule has 0 aromatic heterocycles. The predicted octanol–water partition coefficient (Wildman–Crippen LogP) is -15.5. The summed E-state index contributed by atoms with van der Waals surface area (Å²) in [4.78, 5) is 0. The third-order valence-corrected chi connectivity index (χ3v) is 0. The van der Waals surface area contributed by atoms with Crippen LogP contribution in [0.3, 0.4) is 0 Å². The molecule has 0 atom stereocenters. The van der Waals surface area contributed by atoms with Crippen LogP contribution in [0.5, 0.6) is 0 Å². The van der Waals surface area contributed by atoms with Crippen molar-refractivity contribution in [1.82, 2.24) is 0 Å². The molecule has 0 aromatic rings. The van der Waals surface area contributed by atoms with Gasteiger partial charge in [-0.25, -0.2) is 0 Å². The molecule has 0 spiro atoms. The normalized spacial score (nSPS) is 10.9. The molecule has 11 heteroatoms. The smallest absolute Gasteiger partial charge is 0.286 e. The fourth-order valence-electron chi connectivity index (χ4n) is 0. The van der Waals surface area contributed by atoms with Crippen molar-refractivity contribution in [3.8, 4) is 0 Å². The van der Waals surface area contributed by atoms with Gasteiger partial charge < -0.3 is 0 Å². The van der Waals surface area contributed by atoms with E-state index in [-0.39, 0.29) is 17.1 Å². The molecule has 0 heterocycles. The summed E-state index contributed by atoms with van der Waals surface area (Å²) in [6, 6.07) is 0. The Kier molecular flexibility index (Phi) is 11.9. The van der Waals surface area contributed by atoms with Crippen molar-refractivity contribution < 1.29 is 84.7 Å². The molecular formula is CuI2O8. The van der Waals surface area contributed by atoms with E-state index in [4.69, 9.17) is 27.5 Å². The van der Waals surface area contributed by atoms with Gasteiger partial charge in [-0.1, -0.05) is 0 Å². The van der Waals surface area contributed by atoms with E-state index in [0.717, 1.165) is 0 Å². The number of hydrogen-bond acceptors (Lipinski definition) is 8. The van der Waals surface area contributed by atoms with Gasteiger partial charge in [0.05, 0.1) is 0 Å². The van der Waals surface area contributed by atoms with Crippen molar-refractivity contribution >= 4 is 0 Å². The Bertz CT molecular complexity index is 55.1. The molecule has 73 valence electrons. The van der Waals surface area contributed by atoms with Gasteiger partial charge in [0.2, 0.25) is 0 Å². The Morgan fingerprint density at radius 3 is 0.455 bits per heavy atom. The number of rotatable bonds is 0. The third kappa shape index (κ3) is 395. The van der Waals surface area contributed by atoms with E-state index < -0.39 is 40.2 Å². The van der Waals surface area contributed by atoms with Crippen molar-refractivity contribution in [1.29, 1.82) is 0 Å². The summed E-state index contributed by atoms with van der Waals surface area (Å²) in [5.41, 5.74) is 0. The summed E-state index contributed by atoms with van der Waals surface area (Å²) in [5.74, 6) is 0. The minimum Gasteiger partial charge on any atom is -0.286 e. The zero-order valence-corrected chi connectivity index (χ0v) is 9.58. The Balaban J connectivity index is -0.000000107. The van der Waals surface area contributed by atoms with Crippen LogP contribution in [0.25, 0.3) is 0 Å². The molecule has 0 bridgehead atoms. The second kappa shape index (κ2) is 7.10. The summed E-state index contributed by atoms with van der Waals surface area (Å²) in [5, 5.41) is 0. The van der Waals surface area contributed by atoms with Crippen LogP contribution in [0, 0.1) is 0 Å². The van der Waals surface area contributed by atoms with Gasteiger partial charge in [0, 0.05) is 0 Å². The first kappa shape index (κ1) is 18.4. The van der Waals surface area contributed by atoms with Crippen LogP contribution in [0.15, 0.2) is 0 Å². The van der Waals surface area contributed by atoms with Gasteiger partial charge in [0.1, 0.15) is 40.2 Å². The maximum atomic E-state index is 8.62. The molecule has 11 heavy (non-hydrogen) atoms. The second-order valence-electron chi connectivity index (χ2n) is 0.756. The first-order chi connectivity index (χ1) is 4.00. The van der Waals surface area contributed by atoms with Crippen LogP contribution in [0.4, 0.5) is 0 Å². The molecule has 1 radical (unpaired) electrons. The molecular weight excluding hydrogens is 445 g/mol. The first-order valence-corrected chi connectivity index (χ1v) is 8.28. The molecule has 0 rings (SSSR count). The average molecular weight is 445 g/mol. The van der Waals surface area contributed by atoms with Crippen molar-refractivity contribution in [3.05, 3.63) is 0 Å². The van der Waals surface area contributed by atoms with Gasteiger partial charge >= 0.3 is 17.1 Å². The molecule has 0 saturated heterocycles. The van der Waals surface area contributed by atoms with Crippen molar-refractivity contribution in [2.24, 2.45) is 0 Å². The van der Waals surface area contributed by atoms with Gasteiger partial charge in [-0.15, -0.1) is 0 Å². The van der Waals surface area contributed by atoms with Crippen LogP contribution in [0.2, 0.25) is 0 Å². The Hall–Kier alpha value is 1.66. The van der Waals surface area contributed by atoms with E-state index in [1.54, 1.807) is 0 Å². The van der Waals surface area contributed by atoms with E-state index in [2.05, 4.69) is 0 Å². The molecule has 8 nitrogen and oxygen atoms in total. The largest absolute Gasteiger partial charge is 2.00 e. The fourth-order valence-corrected chi connectivity index (χ4v) is 0. The van der Waals surface area contributed by atoms with Crippen LogP contribution in [-0.2, 0) is 17.1 Å². The predicted molar refractivity (Wildman–Crippen MR) is 0 cm³/mol. The maximum absolute atomic E-state index is 8.62. The van der Waals surface area contributed by atoms with E-state index >= 15 is 0 Å². The quantitative estimate of drug-likeness (QED) is 0.260. The molecule has 0 amide bonds. The van der Waals surface area contributed by atoms with E-state index in [1.165, 1.54) is 0 Å². The summed E-state index contributed by atoms with van der Waals surface area (Å²) >= 11 is -11.9. The molecule has 0 unspecified atom stereocenters. The Morgan fingerprint density at radius 1 is 0.455 bits per heavy atom. The minimum atomic E-state index is -5.94. The molecule has 0 aliphatic carbocycles. The summed E-state index contributed by atoms with van der Waals surface area (Å²) in [7, 11) is 0. The maximum Gasteiger partial charge on any atom is 2.00 e. The molecule has 0 aromatic carbocycles. The Labute approximate surface area is 84.0 Å².